The summed E-state index contributed by atoms with van der Waals surface area (Å²) in [5, 5.41) is 0.186. The first-order chi connectivity index (χ1) is 16.3. The minimum absolute atomic E-state index is 0.0167. The van der Waals surface area contributed by atoms with Gasteiger partial charge in [-0.3, -0.25) is 4.79 Å². The van der Waals surface area contributed by atoms with Crippen LogP contribution in [0.15, 0.2) is 59.2 Å². The van der Waals surface area contributed by atoms with Crippen LogP contribution in [0.1, 0.15) is 36.3 Å². The predicted octanol–water partition coefficient (Wildman–Crippen LogP) is 4.53. The average molecular weight is 488 g/mol. The third kappa shape index (κ3) is 4.46. The highest BCUT2D eigenvalue weighted by atomic mass is 35.5. The minimum Gasteiger partial charge on any atom is -0.493 e. The highest BCUT2D eigenvalue weighted by Gasteiger charge is 2.41. The zero-order chi connectivity index (χ0) is 24.4. The molecule has 0 aromatic heterocycles. The molecule has 0 amide bonds. The molecule has 1 atom stereocenters. The molecule has 1 aliphatic heterocycles. The summed E-state index contributed by atoms with van der Waals surface area (Å²) in [6.45, 7) is 0.0541. The van der Waals surface area contributed by atoms with E-state index in [1.54, 1.807) is 24.3 Å². The number of benzene rings is 2. The molecule has 1 heterocycles. The van der Waals surface area contributed by atoms with Crippen LogP contribution in [-0.4, -0.2) is 26.0 Å². The van der Waals surface area contributed by atoms with Crippen molar-refractivity contribution in [1.82, 2.24) is 0 Å². The van der Waals surface area contributed by atoms with Crippen LogP contribution in [0, 0.1) is 5.82 Å². The van der Waals surface area contributed by atoms with Crippen LogP contribution in [0.2, 0.25) is 5.02 Å². The SMILES string of the molecule is COC(=O)C1=C(N)OC2=C(C(=O)CCC2)[C@@H]1c1cc(Cl)c(OCc2cccc(F)c2)c(OC)c1. The molecule has 9 heteroatoms. The first-order valence-corrected chi connectivity index (χ1v) is 11.0. The topological polar surface area (TPSA) is 97.1 Å². The summed E-state index contributed by atoms with van der Waals surface area (Å²) in [7, 11) is 2.67. The Morgan fingerprint density at radius 2 is 2.03 bits per heavy atom. The van der Waals surface area contributed by atoms with Gasteiger partial charge >= 0.3 is 5.97 Å². The van der Waals surface area contributed by atoms with Gasteiger partial charge < -0.3 is 24.7 Å². The van der Waals surface area contributed by atoms with Crippen LogP contribution in [-0.2, 0) is 25.7 Å². The molecule has 0 radical (unpaired) electrons. The number of hydrogen-bond acceptors (Lipinski definition) is 7. The summed E-state index contributed by atoms with van der Waals surface area (Å²) < 4.78 is 35.4. The molecular formula is C25H23ClFNO6. The van der Waals surface area contributed by atoms with Gasteiger partial charge in [0.1, 0.15) is 23.8 Å². The zero-order valence-corrected chi connectivity index (χ0v) is 19.4. The van der Waals surface area contributed by atoms with Gasteiger partial charge in [0.25, 0.3) is 0 Å². The molecule has 4 rings (SSSR count). The Morgan fingerprint density at radius 3 is 2.74 bits per heavy atom. The third-order valence-electron chi connectivity index (χ3n) is 5.75. The number of methoxy groups -OCH3 is 2. The molecule has 2 aromatic rings. The number of rotatable bonds is 6. The lowest BCUT2D eigenvalue weighted by Gasteiger charge is -2.32. The summed E-state index contributed by atoms with van der Waals surface area (Å²) in [6.07, 6.45) is 1.47. The van der Waals surface area contributed by atoms with Crippen LogP contribution in [0.25, 0.3) is 0 Å². The quantitative estimate of drug-likeness (QED) is 0.598. The zero-order valence-electron chi connectivity index (χ0n) is 18.7. The Hall–Kier alpha value is -3.52. The lowest BCUT2D eigenvalue weighted by molar-refractivity contribution is -0.136. The molecule has 0 saturated heterocycles. The molecule has 0 bridgehead atoms. The number of nitrogens with two attached hydrogens (primary N) is 1. The summed E-state index contributed by atoms with van der Waals surface area (Å²) in [5.41, 5.74) is 7.56. The molecule has 178 valence electrons. The van der Waals surface area contributed by atoms with Gasteiger partial charge in [0, 0.05) is 18.4 Å². The number of esters is 1. The standard InChI is InChI=1S/C25H23ClFNO6/c1-31-19-11-14(10-16(26)23(19)33-12-13-5-3-6-15(27)9-13)20-21-17(29)7-4-8-18(21)34-24(28)22(20)25(30)32-2/h3,5-6,9-11,20H,4,7-8,12,28H2,1-2H3/t20-/m0/s1. The molecule has 0 spiro atoms. The van der Waals surface area contributed by atoms with Gasteiger partial charge in [0.2, 0.25) is 5.88 Å². The molecular weight excluding hydrogens is 465 g/mol. The number of carbonyl (C=O) groups is 2. The molecule has 2 N–H and O–H groups in total. The number of hydrogen-bond donors (Lipinski definition) is 1. The molecule has 7 nitrogen and oxygen atoms in total. The Kier molecular flexibility index (Phi) is 6.79. The number of ether oxygens (including phenoxy) is 4. The van der Waals surface area contributed by atoms with E-state index in [1.165, 1.54) is 26.4 Å². The fraction of sp³-hybridized carbons (Fsp3) is 0.280. The Balaban J connectivity index is 1.77. The van der Waals surface area contributed by atoms with Gasteiger partial charge in [-0.15, -0.1) is 0 Å². The summed E-state index contributed by atoms with van der Waals surface area (Å²) in [5.74, 6) is -1.23. The second-order valence-corrected chi connectivity index (χ2v) is 8.28. The second-order valence-electron chi connectivity index (χ2n) is 7.87. The van der Waals surface area contributed by atoms with E-state index in [0.717, 1.165) is 0 Å². The van der Waals surface area contributed by atoms with Crippen molar-refractivity contribution in [3.8, 4) is 11.5 Å². The monoisotopic (exact) mass is 487 g/mol. The van der Waals surface area contributed by atoms with Crippen LogP contribution >= 0.6 is 11.6 Å². The Bertz CT molecular complexity index is 1220. The van der Waals surface area contributed by atoms with Crippen molar-refractivity contribution >= 4 is 23.4 Å². The molecule has 0 unspecified atom stereocenters. The van der Waals surface area contributed by atoms with Gasteiger partial charge in [-0.05, 0) is 41.8 Å². The number of carbonyl (C=O) groups excluding carboxylic acids is 2. The first kappa shape index (κ1) is 23.6. The van der Waals surface area contributed by atoms with Crippen molar-refractivity contribution in [1.29, 1.82) is 0 Å². The third-order valence-corrected chi connectivity index (χ3v) is 6.03. The highest BCUT2D eigenvalue weighted by molar-refractivity contribution is 6.32. The molecule has 2 aliphatic rings. The normalized spacial score (nSPS) is 17.8. The van der Waals surface area contributed by atoms with Crippen molar-refractivity contribution in [2.75, 3.05) is 14.2 Å². The highest BCUT2D eigenvalue weighted by Crippen LogP contribution is 2.47. The molecule has 0 fully saturated rings. The number of allylic oxidation sites excluding steroid dienone is 2. The number of halogens is 2. The fourth-order valence-electron chi connectivity index (χ4n) is 4.23. The van der Waals surface area contributed by atoms with Gasteiger partial charge in [-0.25, -0.2) is 9.18 Å². The van der Waals surface area contributed by atoms with Crippen molar-refractivity contribution in [2.24, 2.45) is 5.73 Å². The lowest BCUT2D eigenvalue weighted by atomic mass is 9.77. The van der Waals surface area contributed by atoms with Gasteiger partial charge in [0.05, 0.1) is 25.2 Å². The number of Topliss-reactive ketones (excluding diaryl/α,β-unsaturated/α-hetero) is 1. The van der Waals surface area contributed by atoms with Gasteiger partial charge in [0.15, 0.2) is 17.3 Å². The number of ketones is 1. The van der Waals surface area contributed by atoms with E-state index in [0.29, 0.717) is 41.7 Å². The average Bonchev–Trinajstić information content (AvgIpc) is 2.81. The first-order valence-electron chi connectivity index (χ1n) is 10.6. The summed E-state index contributed by atoms with van der Waals surface area (Å²) in [6, 6.07) is 9.22. The summed E-state index contributed by atoms with van der Waals surface area (Å²) >= 11 is 6.56. The van der Waals surface area contributed by atoms with Crippen molar-refractivity contribution < 1.29 is 32.9 Å². The van der Waals surface area contributed by atoms with Crippen LogP contribution in [0.5, 0.6) is 11.5 Å². The summed E-state index contributed by atoms with van der Waals surface area (Å²) in [4.78, 5) is 25.5. The van der Waals surface area contributed by atoms with Gasteiger partial charge in [-0.2, -0.15) is 0 Å². The lowest BCUT2D eigenvalue weighted by Crippen LogP contribution is -2.31. The van der Waals surface area contributed by atoms with E-state index in [4.69, 9.17) is 36.3 Å². The fourth-order valence-corrected chi connectivity index (χ4v) is 4.50. The van der Waals surface area contributed by atoms with Crippen LogP contribution < -0.4 is 15.2 Å². The van der Waals surface area contributed by atoms with Crippen molar-refractivity contribution in [3.05, 3.63) is 81.2 Å². The second kappa shape index (κ2) is 9.77. The molecule has 34 heavy (non-hydrogen) atoms. The molecule has 1 aliphatic carbocycles. The Morgan fingerprint density at radius 1 is 1.24 bits per heavy atom. The van der Waals surface area contributed by atoms with Crippen molar-refractivity contribution in [2.45, 2.75) is 31.8 Å². The largest absolute Gasteiger partial charge is 0.493 e. The van der Waals surface area contributed by atoms with E-state index in [9.17, 15) is 14.0 Å². The van der Waals surface area contributed by atoms with E-state index in [2.05, 4.69) is 0 Å². The van der Waals surface area contributed by atoms with Crippen LogP contribution in [0.4, 0.5) is 4.39 Å². The van der Waals surface area contributed by atoms with E-state index < -0.39 is 11.9 Å². The van der Waals surface area contributed by atoms with E-state index in [1.807, 2.05) is 0 Å². The van der Waals surface area contributed by atoms with E-state index in [-0.39, 0.29) is 46.2 Å². The molecule has 0 saturated carbocycles. The predicted molar refractivity (Wildman–Crippen MR) is 122 cm³/mol. The smallest absolute Gasteiger partial charge is 0.340 e. The maximum atomic E-state index is 13.5. The van der Waals surface area contributed by atoms with E-state index >= 15 is 0 Å². The molecule has 2 aromatic carbocycles. The van der Waals surface area contributed by atoms with Gasteiger partial charge in [-0.1, -0.05) is 23.7 Å². The maximum Gasteiger partial charge on any atom is 0.340 e. The minimum atomic E-state index is -0.840. The van der Waals surface area contributed by atoms with Crippen LogP contribution in [0.3, 0.4) is 0 Å². The maximum absolute atomic E-state index is 13.5. The van der Waals surface area contributed by atoms with Crippen molar-refractivity contribution in [3.63, 3.8) is 0 Å². The Labute approximate surface area is 200 Å².